The lowest BCUT2D eigenvalue weighted by Gasteiger charge is -2.36. The van der Waals surface area contributed by atoms with Crippen LogP contribution in [-0.2, 0) is 17.6 Å². The molecule has 1 aliphatic heterocycles. The number of nitrogens with zero attached hydrogens (tertiary/aromatic N) is 3. The Kier molecular flexibility index (Phi) is 7.20. The fraction of sp³-hybridized carbons (Fsp3) is 0.520. The van der Waals surface area contributed by atoms with Gasteiger partial charge in [0.2, 0.25) is 0 Å². The molecule has 0 N–H and O–H groups in total. The molecule has 31 heavy (non-hydrogen) atoms. The normalized spacial score (nSPS) is 16.8. The lowest BCUT2D eigenvalue weighted by Crippen LogP contribution is -2.41. The molecule has 2 aromatic rings. The Labute approximate surface area is 185 Å². The number of fused-ring (bicyclic) bond motifs is 1. The number of ether oxygens (including phenoxy) is 2. The summed E-state index contributed by atoms with van der Waals surface area (Å²) in [5, 5.41) is 0. The summed E-state index contributed by atoms with van der Waals surface area (Å²) in [6.45, 7) is 5.94. The first-order valence-corrected chi connectivity index (χ1v) is 11.5. The highest BCUT2D eigenvalue weighted by molar-refractivity contribution is 5.92. The van der Waals surface area contributed by atoms with Crippen LogP contribution in [0, 0.1) is 0 Å². The van der Waals surface area contributed by atoms with Crippen molar-refractivity contribution in [3.05, 3.63) is 53.3 Å². The van der Waals surface area contributed by atoms with Crippen LogP contribution >= 0.6 is 0 Å². The number of carbonyl (C=O) groups is 1. The first-order valence-electron chi connectivity index (χ1n) is 11.5. The minimum Gasteiger partial charge on any atom is -0.456 e. The van der Waals surface area contributed by atoms with Crippen molar-refractivity contribution in [1.82, 2.24) is 14.8 Å². The third-order valence-corrected chi connectivity index (χ3v) is 6.53. The number of methoxy groups -OCH3 is 1. The molecule has 2 aliphatic rings. The lowest BCUT2D eigenvalue weighted by molar-refractivity contribution is 0.0700. The highest BCUT2D eigenvalue weighted by Crippen LogP contribution is 2.29. The molecule has 1 saturated carbocycles. The zero-order chi connectivity index (χ0) is 21.6. The van der Waals surface area contributed by atoms with Gasteiger partial charge in [0.1, 0.15) is 17.2 Å². The average molecular weight is 424 g/mol. The molecule has 1 aromatic heterocycles. The first-order chi connectivity index (χ1) is 15.2. The maximum Gasteiger partial charge on any atom is 0.272 e. The van der Waals surface area contributed by atoms with E-state index >= 15 is 0 Å². The van der Waals surface area contributed by atoms with Crippen LogP contribution in [0.1, 0.15) is 47.8 Å². The Bertz CT molecular complexity index is 880. The van der Waals surface area contributed by atoms with E-state index in [0.29, 0.717) is 31.1 Å². The van der Waals surface area contributed by atoms with Crippen molar-refractivity contribution in [2.75, 3.05) is 39.9 Å². The van der Waals surface area contributed by atoms with E-state index in [1.807, 2.05) is 19.1 Å². The minimum atomic E-state index is -0.0906. The highest BCUT2D eigenvalue weighted by atomic mass is 16.5. The van der Waals surface area contributed by atoms with Gasteiger partial charge < -0.3 is 14.4 Å². The summed E-state index contributed by atoms with van der Waals surface area (Å²) in [6, 6.07) is 10.8. The number of hydrogen-bond donors (Lipinski definition) is 0. The number of carbonyl (C=O) groups excluding carboxylic acids is 1. The highest BCUT2D eigenvalue weighted by Gasteiger charge is 2.26. The van der Waals surface area contributed by atoms with Gasteiger partial charge >= 0.3 is 0 Å². The SMILES string of the molecule is CCN(CCOC)C(=O)c1ccc(Oc2ccc3c(c2)CCN(C2CCC2)CC3)cn1. The molecule has 0 radical (unpaired) electrons. The van der Waals surface area contributed by atoms with Gasteiger partial charge in [0, 0.05) is 39.3 Å². The second kappa shape index (κ2) is 10.2. The van der Waals surface area contributed by atoms with Crippen molar-refractivity contribution < 1.29 is 14.3 Å². The van der Waals surface area contributed by atoms with E-state index < -0.39 is 0 Å². The summed E-state index contributed by atoms with van der Waals surface area (Å²) in [4.78, 5) is 21.3. The van der Waals surface area contributed by atoms with Gasteiger partial charge in [-0.25, -0.2) is 4.98 Å². The molecule has 6 heteroatoms. The number of pyridine rings is 1. The quantitative estimate of drug-likeness (QED) is 0.644. The van der Waals surface area contributed by atoms with Crippen molar-refractivity contribution in [2.24, 2.45) is 0 Å². The van der Waals surface area contributed by atoms with Crippen LogP contribution in [0.4, 0.5) is 0 Å². The molecule has 1 aliphatic carbocycles. The van der Waals surface area contributed by atoms with Crippen molar-refractivity contribution in [3.8, 4) is 11.5 Å². The van der Waals surface area contributed by atoms with Gasteiger partial charge in [0.15, 0.2) is 0 Å². The molecule has 0 bridgehead atoms. The Hall–Kier alpha value is -2.44. The Morgan fingerprint density at radius 3 is 2.55 bits per heavy atom. The largest absolute Gasteiger partial charge is 0.456 e. The fourth-order valence-corrected chi connectivity index (χ4v) is 4.37. The third-order valence-electron chi connectivity index (χ3n) is 6.53. The number of hydrogen-bond acceptors (Lipinski definition) is 5. The summed E-state index contributed by atoms with van der Waals surface area (Å²) >= 11 is 0. The van der Waals surface area contributed by atoms with Crippen molar-refractivity contribution in [2.45, 2.75) is 45.1 Å². The van der Waals surface area contributed by atoms with Crippen molar-refractivity contribution in [1.29, 1.82) is 0 Å². The predicted molar refractivity (Wildman–Crippen MR) is 121 cm³/mol. The summed E-state index contributed by atoms with van der Waals surface area (Å²) in [6.07, 6.45) is 7.91. The van der Waals surface area contributed by atoms with Gasteiger partial charge in [0.05, 0.1) is 12.8 Å². The first kappa shape index (κ1) is 21.8. The molecule has 2 heterocycles. The van der Waals surface area contributed by atoms with Crippen molar-refractivity contribution in [3.63, 3.8) is 0 Å². The van der Waals surface area contributed by atoms with Crippen molar-refractivity contribution >= 4 is 5.91 Å². The number of amides is 1. The van der Waals surface area contributed by atoms with E-state index in [1.54, 1.807) is 24.3 Å². The molecular weight excluding hydrogens is 390 g/mol. The minimum absolute atomic E-state index is 0.0906. The number of aromatic nitrogens is 1. The molecule has 1 aromatic carbocycles. The van der Waals surface area contributed by atoms with Crippen LogP contribution in [0.15, 0.2) is 36.5 Å². The number of likely N-dealkylation sites (N-methyl/N-ethyl adjacent to an activating group) is 1. The van der Waals surface area contributed by atoms with Gasteiger partial charge in [-0.1, -0.05) is 12.5 Å². The Morgan fingerprint density at radius 1 is 1.13 bits per heavy atom. The molecular formula is C25H33N3O3. The van der Waals surface area contributed by atoms with Gasteiger partial charge in [-0.2, -0.15) is 0 Å². The fourth-order valence-electron chi connectivity index (χ4n) is 4.37. The van der Waals surface area contributed by atoms with Gasteiger partial charge in [-0.3, -0.25) is 9.69 Å². The maximum atomic E-state index is 12.6. The molecule has 0 saturated heterocycles. The summed E-state index contributed by atoms with van der Waals surface area (Å²) in [5.74, 6) is 1.38. The van der Waals surface area contributed by atoms with E-state index in [1.165, 1.54) is 30.4 Å². The molecule has 0 unspecified atom stereocenters. The molecule has 1 fully saturated rings. The standard InChI is InChI=1S/C25H33N3O3/c1-3-27(15-16-30-2)25(29)24-10-9-23(18-26-24)31-22-8-7-19-11-13-28(21-5-4-6-21)14-12-20(19)17-22/h7-10,17-18,21H,3-6,11-16H2,1-2H3. The van der Waals surface area contributed by atoms with E-state index in [2.05, 4.69) is 22.0 Å². The second-order valence-electron chi connectivity index (χ2n) is 8.41. The second-order valence-corrected chi connectivity index (χ2v) is 8.41. The maximum absolute atomic E-state index is 12.6. The van der Waals surface area contributed by atoms with E-state index in [0.717, 1.165) is 37.7 Å². The van der Waals surface area contributed by atoms with Crippen LogP contribution < -0.4 is 4.74 Å². The molecule has 0 spiro atoms. The van der Waals surface area contributed by atoms with Crippen LogP contribution in [0.25, 0.3) is 0 Å². The van der Waals surface area contributed by atoms with Crippen LogP contribution in [0.3, 0.4) is 0 Å². The van der Waals surface area contributed by atoms with Crippen LogP contribution in [-0.4, -0.2) is 66.6 Å². The third kappa shape index (κ3) is 5.25. The van der Waals surface area contributed by atoms with Gasteiger partial charge in [-0.15, -0.1) is 0 Å². The molecule has 0 atom stereocenters. The monoisotopic (exact) mass is 423 g/mol. The predicted octanol–water partition coefficient (Wildman–Crippen LogP) is 3.94. The average Bonchev–Trinajstić information content (AvgIpc) is 2.96. The van der Waals surface area contributed by atoms with Gasteiger partial charge in [-0.05, 0) is 68.0 Å². The zero-order valence-electron chi connectivity index (χ0n) is 18.7. The molecule has 4 rings (SSSR count). The van der Waals surface area contributed by atoms with Crippen LogP contribution in [0.5, 0.6) is 11.5 Å². The number of rotatable bonds is 8. The van der Waals surface area contributed by atoms with E-state index in [4.69, 9.17) is 9.47 Å². The Balaban J connectivity index is 1.38. The molecule has 6 nitrogen and oxygen atoms in total. The smallest absolute Gasteiger partial charge is 0.272 e. The van der Waals surface area contributed by atoms with E-state index in [9.17, 15) is 4.79 Å². The topological polar surface area (TPSA) is 54.9 Å². The van der Waals surface area contributed by atoms with Crippen LogP contribution in [0.2, 0.25) is 0 Å². The lowest BCUT2D eigenvalue weighted by atomic mass is 9.91. The summed E-state index contributed by atoms with van der Waals surface area (Å²) in [7, 11) is 1.63. The molecule has 1 amide bonds. The van der Waals surface area contributed by atoms with Gasteiger partial charge in [0.25, 0.3) is 5.91 Å². The zero-order valence-corrected chi connectivity index (χ0v) is 18.7. The summed E-state index contributed by atoms with van der Waals surface area (Å²) in [5.41, 5.74) is 3.24. The Morgan fingerprint density at radius 2 is 1.90 bits per heavy atom. The molecule has 166 valence electrons. The summed E-state index contributed by atoms with van der Waals surface area (Å²) < 4.78 is 11.1. The number of benzene rings is 1. The van der Waals surface area contributed by atoms with E-state index in [-0.39, 0.29) is 5.91 Å².